The molecule has 20 heavy (non-hydrogen) atoms. The Morgan fingerprint density at radius 2 is 1.90 bits per heavy atom. The van der Waals surface area contributed by atoms with Gasteiger partial charge in [-0.3, -0.25) is 9.59 Å². The minimum absolute atomic E-state index is 0.00222. The lowest BCUT2D eigenvalue weighted by atomic mass is 9.66. The Labute approximate surface area is 121 Å². The van der Waals surface area contributed by atoms with E-state index in [9.17, 15) is 9.59 Å². The van der Waals surface area contributed by atoms with Crippen LogP contribution in [0.5, 0.6) is 0 Å². The topological polar surface area (TPSA) is 75.9 Å². The maximum absolute atomic E-state index is 12.4. The third-order valence-corrected chi connectivity index (χ3v) is 4.12. The Bertz CT molecular complexity index is 335. The van der Waals surface area contributed by atoms with Crippen LogP contribution in [0, 0.1) is 5.41 Å². The van der Waals surface area contributed by atoms with Crippen LogP contribution >= 0.6 is 0 Å². The van der Waals surface area contributed by atoms with Gasteiger partial charge in [0.2, 0.25) is 11.8 Å². The second-order valence-corrected chi connectivity index (χ2v) is 5.83. The van der Waals surface area contributed by atoms with Crippen molar-refractivity contribution in [2.45, 2.75) is 25.7 Å². The van der Waals surface area contributed by atoms with E-state index in [1.807, 2.05) is 0 Å². The fourth-order valence-electron chi connectivity index (χ4n) is 2.36. The molecule has 0 bridgehead atoms. The van der Waals surface area contributed by atoms with Gasteiger partial charge in [0.25, 0.3) is 0 Å². The molecule has 1 saturated carbocycles. The predicted octanol–water partition coefficient (Wildman–Crippen LogP) is 0.0687. The molecule has 0 aromatic heterocycles. The molecule has 0 radical (unpaired) electrons. The van der Waals surface area contributed by atoms with Crippen LogP contribution < -0.4 is 5.73 Å². The van der Waals surface area contributed by atoms with E-state index in [0.717, 1.165) is 19.3 Å². The highest BCUT2D eigenvalue weighted by atomic mass is 16.5. The van der Waals surface area contributed by atoms with Gasteiger partial charge in [-0.05, 0) is 24.8 Å². The molecule has 0 heterocycles. The van der Waals surface area contributed by atoms with E-state index in [1.165, 1.54) is 4.90 Å². The monoisotopic (exact) mass is 285 g/mol. The zero-order valence-electron chi connectivity index (χ0n) is 12.9. The summed E-state index contributed by atoms with van der Waals surface area (Å²) >= 11 is 0. The van der Waals surface area contributed by atoms with Crippen molar-refractivity contribution < 1.29 is 14.3 Å². The number of carbonyl (C=O) groups is 2. The third-order valence-electron chi connectivity index (χ3n) is 4.12. The summed E-state index contributed by atoms with van der Waals surface area (Å²) in [5, 5.41) is 0. The number of carbonyl (C=O) groups excluding carboxylic acids is 2. The molecule has 0 aromatic carbocycles. The molecule has 0 aromatic rings. The van der Waals surface area contributed by atoms with Gasteiger partial charge in [-0.1, -0.05) is 6.42 Å². The summed E-state index contributed by atoms with van der Waals surface area (Å²) in [6.07, 6.45) is 3.59. The molecule has 1 aliphatic rings. The Kier molecular flexibility index (Phi) is 6.42. The molecule has 1 fully saturated rings. The molecule has 0 saturated heterocycles. The number of hydrogen-bond donors (Lipinski definition) is 1. The van der Waals surface area contributed by atoms with Gasteiger partial charge in [-0.2, -0.15) is 0 Å². The molecule has 0 spiro atoms. The van der Waals surface area contributed by atoms with Crippen molar-refractivity contribution in [1.82, 2.24) is 9.80 Å². The van der Waals surface area contributed by atoms with Gasteiger partial charge in [0.1, 0.15) is 0 Å². The van der Waals surface area contributed by atoms with E-state index in [2.05, 4.69) is 0 Å². The lowest BCUT2D eigenvalue weighted by Gasteiger charge is -2.41. The van der Waals surface area contributed by atoms with Crippen LogP contribution in [-0.2, 0) is 14.3 Å². The van der Waals surface area contributed by atoms with Crippen molar-refractivity contribution in [2.24, 2.45) is 11.1 Å². The number of likely N-dealkylation sites (N-methyl/N-ethyl adjacent to an activating group) is 1. The van der Waals surface area contributed by atoms with E-state index in [1.54, 1.807) is 26.1 Å². The van der Waals surface area contributed by atoms with Gasteiger partial charge in [0, 0.05) is 34.2 Å². The van der Waals surface area contributed by atoms with Gasteiger partial charge in [-0.15, -0.1) is 0 Å². The number of ether oxygens (including phenoxy) is 1. The third kappa shape index (κ3) is 4.45. The summed E-state index contributed by atoms with van der Waals surface area (Å²) in [5.74, 6) is -0.0766. The van der Waals surface area contributed by atoms with Gasteiger partial charge >= 0.3 is 0 Å². The fraction of sp³-hybridized carbons (Fsp3) is 0.857. The predicted molar refractivity (Wildman–Crippen MR) is 77.1 cm³/mol. The molecule has 6 heteroatoms. The van der Waals surface area contributed by atoms with E-state index in [0.29, 0.717) is 26.1 Å². The highest BCUT2D eigenvalue weighted by Crippen LogP contribution is 2.43. The summed E-state index contributed by atoms with van der Waals surface area (Å²) < 4.78 is 5.02. The van der Waals surface area contributed by atoms with E-state index in [4.69, 9.17) is 10.5 Å². The molecule has 0 unspecified atom stereocenters. The van der Waals surface area contributed by atoms with Crippen molar-refractivity contribution in [2.75, 3.05) is 47.4 Å². The SMILES string of the molecule is COCCN(CC(=O)N(C)C)C(=O)CC1(CN)CCC1. The normalized spacial score (nSPS) is 16.4. The first-order valence-electron chi connectivity index (χ1n) is 7.11. The van der Waals surface area contributed by atoms with Crippen LogP contribution in [0.25, 0.3) is 0 Å². The second-order valence-electron chi connectivity index (χ2n) is 5.83. The average molecular weight is 285 g/mol. The molecule has 0 aliphatic heterocycles. The zero-order chi connectivity index (χ0) is 15.2. The number of rotatable bonds is 8. The van der Waals surface area contributed by atoms with Crippen LogP contribution in [0.2, 0.25) is 0 Å². The largest absolute Gasteiger partial charge is 0.383 e. The molecule has 6 nitrogen and oxygen atoms in total. The Hall–Kier alpha value is -1.14. The van der Waals surface area contributed by atoms with Crippen LogP contribution in [-0.4, -0.2) is 69.1 Å². The molecule has 2 amide bonds. The smallest absolute Gasteiger partial charge is 0.241 e. The van der Waals surface area contributed by atoms with Crippen molar-refractivity contribution >= 4 is 11.8 Å². The van der Waals surface area contributed by atoms with E-state index >= 15 is 0 Å². The first-order valence-corrected chi connectivity index (χ1v) is 7.11. The van der Waals surface area contributed by atoms with Crippen LogP contribution in [0.3, 0.4) is 0 Å². The van der Waals surface area contributed by atoms with E-state index in [-0.39, 0.29) is 23.8 Å². The Morgan fingerprint density at radius 3 is 2.30 bits per heavy atom. The zero-order valence-corrected chi connectivity index (χ0v) is 12.9. The highest BCUT2D eigenvalue weighted by molar-refractivity contribution is 5.85. The number of nitrogens with zero attached hydrogens (tertiary/aromatic N) is 2. The summed E-state index contributed by atoms with van der Waals surface area (Å²) in [5.41, 5.74) is 5.76. The first-order chi connectivity index (χ1) is 9.44. The highest BCUT2D eigenvalue weighted by Gasteiger charge is 2.38. The van der Waals surface area contributed by atoms with Crippen molar-refractivity contribution in [1.29, 1.82) is 0 Å². The van der Waals surface area contributed by atoms with Gasteiger partial charge in [0.05, 0.1) is 13.2 Å². The fourth-order valence-corrected chi connectivity index (χ4v) is 2.36. The lowest BCUT2D eigenvalue weighted by molar-refractivity contribution is -0.142. The molecule has 0 atom stereocenters. The van der Waals surface area contributed by atoms with E-state index < -0.39 is 0 Å². The first kappa shape index (κ1) is 16.9. The molecular weight excluding hydrogens is 258 g/mol. The molecule has 2 N–H and O–H groups in total. The van der Waals surface area contributed by atoms with Crippen LogP contribution in [0.15, 0.2) is 0 Å². The van der Waals surface area contributed by atoms with Gasteiger partial charge < -0.3 is 20.3 Å². The number of nitrogens with two attached hydrogens (primary N) is 1. The minimum atomic E-state index is -0.0788. The van der Waals surface area contributed by atoms with Crippen LogP contribution in [0.4, 0.5) is 0 Å². The standard InChI is InChI=1S/C14H27N3O3/c1-16(2)13(19)10-17(7-8-20-3)12(18)9-14(11-15)5-4-6-14/h4-11,15H2,1-3H3. The summed E-state index contributed by atoms with van der Waals surface area (Å²) in [7, 11) is 4.97. The molecule has 1 aliphatic carbocycles. The van der Waals surface area contributed by atoms with Crippen molar-refractivity contribution in [3.8, 4) is 0 Å². The van der Waals surface area contributed by atoms with Gasteiger partial charge in [0.15, 0.2) is 0 Å². The summed E-state index contributed by atoms with van der Waals surface area (Å²) in [6.45, 7) is 1.52. The summed E-state index contributed by atoms with van der Waals surface area (Å²) in [6, 6.07) is 0. The quantitative estimate of drug-likeness (QED) is 0.684. The second kappa shape index (κ2) is 7.59. The maximum atomic E-state index is 12.4. The molecule has 1 rings (SSSR count). The van der Waals surface area contributed by atoms with Crippen molar-refractivity contribution in [3.05, 3.63) is 0 Å². The van der Waals surface area contributed by atoms with Crippen LogP contribution in [0.1, 0.15) is 25.7 Å². The number of methoxy groups -OCH3 is 1. The molecular formula is C14H27N3O3. The van der Waals surface area contributed by atoms with Crippen molar-refractivity contribution in [3.63, 3.8) is 0 Å². The molecule has 116 valence electrons. The lowest BCUT2D eigenvalue weighted by Crippen LogP contribution is -2.46. The summed E-state index contributed by atoms with van der Waals surface area (Å²) in [4.78, 5) is 27.3. The average Bonchev–Trinajstić information content (AvgIpc) is 2.37. The maximum Gasteiger partial charge on any atom is 0.241 e. The van der Waals surface area contributed by atoms with Gasteiger partial charge in [-0.25, -0.2) is 0 Å². The number of amides is 2. The Morgan fingerprint density at radius 1 is 1.25 bits per heavy atom. The number of hydrogen-bond acceptors (Lipinski definition) is 4. The minimum Gasteiger partial charge on any atom is -0.383 e. The Balaban J connectivity index is 2.61.